The van der Waals surface area contributed by atoms with Crippen LogP contribution in [0.5, 0.6) is 0 Å². The minimum Gasteiger partial charge on any atom is -0.274 e. The van der Waals surface area contributed by atoms with E-state index in [0.29, 0.717) is 11.1 Å². The Morgan fingerprint density at radius 3 is 1.28 bits per heavy atom. The molecule has 7 aromatic carbocycles. The molecule has 0 saturated heterocycles. The molecule has 0 fully saturated rings. The van der Waals surface area contributed by atoms with E-state index >= 15 is 0 Å². The van der Waals surface area contributed by atoms with Gasteiger partial charge in [0.25, 0.3) is 11.8 Å². The van der Waals surface area contributed by atoms with E-state index in [1.807, 2.05) is 112 Å². The van der Waals surface area contributed by atoms with Gasteiger partial charge in [-0.3, -0.25) is 18.7 Å². The summed E-state index contributed by atoms with van der Waals surface area (Å²) in [5.74, 6) is -0.233. The zero-order valence-corrected chi connectivity index (χ0v) is 26.0. The molecule has 0 radical (unpaired) electrons. The van der Waals surface area contributed by atoms with E-state index in [1.165, 1.54) is 0 Å². The Bertz CT molecular complexity index is 2540. The van der Waals surface area contributed by atoms with Crippen LogP contribution in [0.3, 0.4) is 0 Å². The van der Waals surface area contributed by atoms with Crippen molar-refractivity contribution in [3.05, 3.63) is 157 Å². The first-order valence-corrected chi connectivity index (χ1v) is 16.7. The number of rotatable bonds is 2. The average Bonchev–Trinajstić information content (AvgIpc) is 3.12. The molecule has 0 unspecified atom stereocenters. The molecule has 2 heterocycles. The molecule has 9 aromatic rings. The summed E-state index contributed by atoms with van der Waals surface area (Å²) in [4.78, 5) is 28.9. The lowest BCUT2D eigenvalue weighted by atomic mass is 10.1. The van der Waals surface area contributed by atoms with Crippen molar-refractivity contribution >= 4 is 96.9 Å². The molecular formula is C40H24N2O2S2. The van der Waals surface area contributed by atoms with Gasteiger partial charge < -0.3 is 0 Å². The molecule has 2 aromatic heterocycles. The summed E-state index contributed by atoms with van der Waals surface area (Å²) >= 11 is 3.36. The third kappa shape index (κ3) is 4.11. The number of carbonyl (C=O) groups is 2. The van der Waals surface area contributed by atoms with Crippen molar-refractivity contribution in [1.29, 1.82) is 0 Å². The van der Waals surface area contributed by atoms with Crippen LogP contribution in [0.2, 0.25) is 0 Å². The van der Waals surface area contributed by atoms with Gasteiger partial charge >= 0.3 is 0 Å². The largest absolute Gasteiger partial charge is 0.274 e. The van der Waals surface area contributed by atoms with Gasteiger partial charge in [0.2, 0.25) is 0 Å². The molecular weight excluding hydrogens is 605 g/mol. The normalized spacial score (nSPS) is 11.7. The molecule has 0 aliphatic carbocycles. The first-order valence-electron chi connectivity index (χ1n) is 15.0. The fourth-order valence-corrected chi connectivity index (χ4v) is 8.92. The third-order valence-corrected chi connectivity index (χ3v) is 11.0. The van der Waals surface area contributed by atoms with Crippen molar-refractivity contribution in [2.75, 3.05) is 0 Å². The summed E-state index contributed by atoms with van der Waals surface area (Å²) < 4.78 is 7.67. The van der Waals surface area contributed by atoms with E-state index < -0.39 is 0 Å². The smallest absolute Gasteiger partial charge is 0.262 e. The first-order chi connectivity index (χ1) is 22.7. The maximum Gasteiger partial charge on any atom is 0.262 e. The van der Waals surface area contributed by atoms with Gasteiger partial charge in [-0.25, -0.2) is 0 Å². The molecule has 0 atom stereocenters. The average molecular weight is 629 g/mol. The summed E-state index contributed by atoms with van der Waals surface area (Å²) in [7, 11) is 0. The molecule has 46 heavy (non-hydrogen) atoms. The molecule has 218 valence electrons. The number of fused-ring (bicyclic) bond motifs is 8. The predicted molar refractivity (Wildman–Crippen MR) is 193 cm³/mol. The highest BCUT2D eigenvalue weighted by Crippen LogP contribution is 2.40. The van der Waals surface area contributed by atoms with Crippen molar-refractivity contribution in [2.24, 2.45) is 0 Å². The van der Waals surface area contributed by atoms with Crippen LogP contribution >= 0.6 is 22.7 Å². The lowest BCUT2D eigenvalue weighted by Crippen LogP contribution is -2.16. The first kappa shape index (κ1) is 26.8. The second-order valence-electron chi connectivity index (χ2n) is 11.3. The summed E-state index contributed by atoms with van der Waals surface area (Å²) in [5.41, 5.74) is 4.38. The van der Waals surface area contributed by atoms with E-state index in [0.717, 1.165) is 62.4 Å². The third-order valence-electron chi connectivity index (χ3n) is 8.59. The zero-order chi connectivity index (χ0) is 30.8. The van der Waals surface area contributed by atoms with E-state index in [9.17, 15) is 9.59 Å². The summed E-state index contributed by atoms with van der Waals surface area (Å²) in [6, 6.07) is 47.8. The highest BCUT2D eigenvalue weighted by atomic mass is 32.1. The van der Waals surface area contributed by atoms with Crippen LogP contribution in [0.4, 0.5) is 0 Å². The second-order valence-corrected chi connectivity index (χ2v) is 13.4. The summed E-state index contributed by atoms with van der Waals surface area (Å²) in [6.45, 7) is 0. The molecule has 0 aliphatic heterocycles. The fourth-order valence-electron chi connectivity index (χ4n) is 6.42. The van der Waals surface area contributed by atoms with Gasteiger partial charge in [-0.1, -0.05) is 97.1 Å². The van der Waals surface area contributed by atoms with E-state index in [4.69, 9.17) is 0 Å². The predicted octanol–water partition coefficient (Wildman–Crippen LogP) is 10.8. The monoisotopic (exact) mass is 628 g/mol. The number of hydrogen-bond acceptors (Lipinski definition) is 4. The van der Waals surface area contributed by atoms with E-state index in [-0.39, 0.29) is 11.8 Å². The molecule has 0 N–H and O–H groups in total. The number of hydrogen-bond donors (Lipinski definition) is 0. The van der Waals surface area contributed by atoms with Gasteiger partial charge in [-0.15, -0.1) is 22.7 Å². The minimum absolute atomic E-state index is 0.116. The van der Waals surface area contributed by atoms with Gasteiger partial charge in [0.1, 0.15) is 0 Å². The molecule has 9 rings (SSSR count). The molecule has 0 spiro atoms. The van der Waals surface area contributed by atoms with Gasteiger partial charge in [0.05, 0.1) is 40.9 Å². The molecule has 6 heteroatoms. The lowest BCUT2D eigenvalue weighted by Gasteiger charge is -2.19. The van der Waals surface area contributed by atoms with Crippen molar-refractivity contribution in [3.63, 3.8) is 0 Å². The van der Waals surface area contributed by atoms with Crippen LogP contribution in [-0.2, 0) is 0 Å². The van der Waals surface area contributed by atoms with Gasteiger partial charge in [0.15, 0.2) is 0 Å². The molecule has 4 nitrogen and oxygen atoms in total. The minimum atomic E-state index is -0.116. The maximum absolute atomic E-state index is 14.4. The van der Waals surface area contributed by atoms with E-state index in [2.05, 4.69) is 42.5 Å². The second kappa shape index (κ2) is 10.5. The lowest BCUT2D eigenvalue weighted by molar-refractivity contribution is 0.0962. The van der Waals surface area contributed by atoms with Gasteiger partial charge in [-0.05, 0) is 59.3 Å². The Labute approximate surface area is 271 Å². The van der Waals surface area contributed by atoms with Crippen LogP contribution in [0.1, 0.15) is 20.7 Å². The quantitative estimate of drug-likeness (QED) is 0.141. The maximum atomic E-state index is 14.4. The Hall–Kier alpha value is -5.56. The van der Waals surface area contributed by atoms with Crippen molar-refractivity contribution < 1.29 is 9.59 Å². The SMILES string of the molecule is O=C(c1ccccc1)n1c2cc3c(cc2sc2c4ccccc4ccc21)sc1c2ccccc2ccc1n3C(=O)c1ccccc1. The highest BCUT2D eigenvalue weighted by molar-refractivity contribution is 7.27. The molecule has 0 aliphatic rings. The zero-order valence-electron chi connectivity index (χ0n) is 24.4. The highest BCUT2D eigenvalue weighted by Gasteiger charge is 2.21. The molecule has 0 saturated carbocycles. The number of benzene rings is 7. The van der Waals surface area contributed by atoms with Gasteiger partial charge in [0, 0.05) is 21.9 Å². The molecule has 0 bridgehead atoms. The van der Waals surface area contributed by atoms with Crippen LogP contribution < -0.4 is 0 Å². The Morgan fingerprint density at radius 1 is 0.413 bits per heavy atom. The number of aromatic nitrogens is 2. The topological polar surface area (TPSA) is 44.0 Å². The van der Waals surface area contributed by atoms with Crippen LogP contribution in [0.25, 0.3) is 62.4 Å². The van der Waals surface area contributed by atoms with Crippen LogP contribution in [-0.4, -0.2) is 20.9 Å². The Kier molecular flexibility index (Phi) is 6.13. The fraction of sp³-hybridized carbons (Fsp3) is 0. The Balaban J connectivity index is 1.47. The van der Waals surface area contributed by atoms with Crippen LogP contribution in [0, 0.1) is 0 Å². The van der Waals surface area contributed by atoms with E-state index in [1.54, 1.807) is 22.7 Å². The van der Waals surface area contributed by atoms with Crippen molar-refractivity contribution in [1.82, 2.24) is 9.13 Å². The van der Waals surface area contributed by atoms with Crippen molar-refractivity contribution in [2.45, 2.75) is 0 Å². The number of nitrogens with zero attached hydrogens (tertiary/aromatic N) is 2. The van der Waals surface area contributed by atoms with Crippen LogP contribution in [0.15, 0.2) is 146 Å². The molecule has 0 amide bonds. The van der Waals surface area contributed by atoms with Gasteiger partial charge in [-0.2, -0.15) is 0 Å². The summed E-state index contributed by atoms with van der Waals surface area (Å²) in [6.07, 6.45) is 0. The van der Waals surface area contributed by atoms with Crippen molar-refractivity contribution in [3.8, 4) is 0 Å². The summed E-state index contributed by atoms with van der Waals surface area (Å²) in [5, 5.41) is 4.45. The standard InChI is InChI=1S/C40H24N2O2S2/c43-39(27-13-3-1-4-14-27)41-31-21-19-25-11-7-9-17-29(25)37(31)45-35-24-36-34(23-33(35)41)42(40(44)28-15-5-2-6-16-28)32-22-20-26-12-8-10-18-30(26)38(32)46-36/h1-24H. The number of carbonyl (C=O) groups excluding carboxylic acids is 2. The Morgan fingerprint density at radius 2 is 0.826 bits per heavy atom.